The van der Waals surface area contributed by atoms with Gasteiger partial charge in [-0.3, -0.25) is 0 Å². The van der Waals surface area contributed by atoms with Gasteiger partial charge in [0.05, 0.1) is 10.2 Å². The lowest BCUT2D eigenvalue weighted by Gasteiger charge is -2.18. The smallest absolute Gasteiger partial charge is 0.149 e. The van der Waals surface area contributed by atoms with Crippen LogP contribution in [0.1, 0.15) is 19.3 Å². The van der Waals surface area contributed by atoms with Crippen LogP contribution in [0.2, 0.25) is 0 Å². The topological polar surface area (TPSA) is 55.0 Å². The highest BCUT2D eigenvalue weighted by Crippen LogP contribution is 2.27. The van der Waals surface area contributed by atoms with Crippen molar-refractivity contribution in [3.8, 4) is 0 Å². The number of thiophene rings is 1. The van der Waals surface area contributed by atoms with Crippen LogP contribution in [0.3, 0.4) is 0 Å². The summed E-state index contributed by atoms with van der Waals surface area (Å²) in [6.07, 6.45) is 5.08. The van der Waals surface area contributed by atoms with Crippen LogP contribution in [-0.2, 0) is 0 Å². The van der Waals surface area contributed by atoms with Crippen LogP contribution in [0, 0.1) is 0 Å². The largest absolute Gasteiger partial charge is 0.358 e. The molecule has 2 aromatic rings. The molecular weight excluding hydrogens is 232 g/mol. The van der Waals surface area contributed by atoms with Crippen LogP contribution in [0.4, 0.5) is 5.82 Å². The Morgan fingerprint density at radius 1 is 1.29 bits per heavy atom. The first-order valence-electron chi connectivity index (χ1n) is 5.92. The van der Waals surface area contributed by atoms with Crippen LogP contribution < -0.4 is 10.6 Å². The maximum atomic E-state index is 5.48. The molecule has 0 aliphatic carbocycles. The first-order valence-corrected chi connectivity index (χ1v) is 6.80. The van der Waals surface area contributed by atoms with E-state index in [1.165, 1.54) is 11.1 Å². The fraction of sp³-hybridized carbons (Fsp3) is 0.500. The number of rotatable bonds is 6. The highest BCUT2D eigenvalue weighted by molar-refractivity contribution is 7.17. The van der Waals surface area contributed by atoms with Crippen LogP contribution in [0.15, 0.2) is 17.8 Å². The van der Waals surface area contributed by atoms with E-state index >= 15 is 0 Å². The second kappa shape index (κ2) is 5.93. The molecule has 5 heteroatoms. The molecule has 92 valence electrons. The number of nitrogens with two attached hydrogens (primary N) is 1. The zero-order chi connectivity index (χ0) is 12.1. The minimum Gasteiger partial charge on any atom is -0.358 e. The summed E-state index contributed by atoms with van der Waals surface area (Å²) in [6, 6.07) is 2.04. The van der Waals surface area contributed by atoms with Crippen molar-refractivity contribution < 1.29 is 0 Å². The van der Waals surface area contributed by atoms with Gasteiger partial charge in [0.2, 0.25) is 0 Å². The second-order valence-corrected chi connectivity index (χ2v) is 5.02. The Hall–Kier alpha value is -1.20. The van der Waals surface area contributed by atoms with E-state index in [0.717, 1.165) is 37.3 Å². The van der Waals surface area contributed by atoms with Crippen molar-refractivity contribution in [2.75, 3.05) is 25.0 Å². The van der Waals surface area contributed by atoms with E-state index in [0.29, 0.717) is 0 Å². The molecule has 0 fully saturated rings. The van der Waals surface area contributed by atoms with Gasteiger partial charge in [0.1, 0.15) is 12.1 Å². The van der Waals surface area contributed by atoms with Gasteiger partial charge in [0, 0.05) is 13.6 Å². The van der Waals surface area contributed by atoms with Crippen molar-refractivity contribution >= 4 is 27.4 Å². The summed E-state index contributed by atoms with van der Waals surface area (Å²) in [6.45, 7) is 1.80. The lowest BCUT2D eigenvalue weighted by atomic mass is 10.2. The zero-order valence-electron chi connectivity index (χ0n) is 10.1. The van der Waals surface area contributed by atoms with E-state index in [1.807, 2.05) is 6.07 Å². The predicted molar refractivity (Wildman–Crippen MR) is 73.6 cm³/mol. The van der Waals surface area contributed by atoms with Crippen LogP contribution >= 0.6 is 11.3 Å². The Labute approximate surface area is 105 Å². The van der Waals surface area contributed by atoms with Gasteiger partial charge in [-0.25, -0.2) is 9.97 Å². The Morgan fingerprint density at radius 3 is 3.00 bits per heavy atom. The second-order valence-electron chi connectivity index (χ2n) is 4.10. The normalized spacial score (nSPS) is 10.9. The molecule has 0 saturated heterocycles. The molecule has 0 spiro atoms. The summed E-state index contributed by atoms with van der Waals surface area (Å²) in [5.41, 5.74) is 6.52. The highest BCUT2D eigenvalue weighted by Gasteiger charge is 2.08. The van der Waals surface area contributed by atoms with Gasteiger partial charge in [-0.1, -0.05) is 6.42 Å². The monoisotopic (exact) mass is 250 g/mol. The third-order valence-corrected chi connectivity index (χ3v) is 3.68. The van der Waals surface area contributed by atoms with E-state index in [2.05, 4.69) is 27.3 Å². The number of fused-ring (bicyclic) bond motifs is 1. The third-order valence-electron chi connectivity index (χ3n) is 2.78. The summed E-state index contributed by atoms with van der Waals surface area (Å²) in [4.78, 5) is 10.8. The molecule has 0 saturated carbocycles. The van der Waals surface area contributed by atoms with Crippen LogP contribution in [-0.4, -0.2) is 30.1 Å². The molecule has 0 unspecified atom stereocenters. The average Bonchev–Trinajstić information content (AvgIpc) is 2.82. The Kier molecular flexibility index (Phi) is 4.28. The molecule has 2 N–H and O–H groups in total. The lowest BCUT2D eigenvalue weighted by molar-refractivity contribution is 0.677. The lowest BCUT2D eigenvalue weighted by Crippen LogP contribution is -2.20. The molecule has 17 heavy (non-hydrogen) atoms. The number of hydrogen-bond acceptors (Lipinski definition) is 5. The first-order chi connectivity index (χ1) is 8.33. The summed E-state index contributed by atoms with van der Waals surface area (Å²) >= 11 is 1.70. The number of aromatic nitrogens is 2. The van der Waals surface area contributed by atoms with Gasteiger partial charge in [-0.15, -0.1) is 11.3 Å². The molecule has 0 aromatic carbocycles. The average molecular weight is 250 g/mol. The maximum Gasteiger partial charge on any atom is 0.149 e. The minimum absolute atomic E-state index is 0.784. The maximum absolute atomic E-state index is 5.48. The van der Waals surface area contributed by atoms with Crippen LogP contribution in [0.5, 0.6) is 0 Å². The Morgan fingerprint density at radius 2 is 2.18 bits per heavy atom. The van der Waals surface area contributed by atoms with Gasteiger partial charge in [-0.05, 0) is 30.8 Å². The van der Waals surface area contributed by atoms with Crippen LogP contribution in [0.25, 0.3) is 10.2 Å². The molecule has 0 bridgehead atoms. The van der Waals surface area contributed by atoms with Gasteiger partial charge in [0.15, 0.2) is 0 Å². The minimum atomic E-state index is 0.784. The molecule has 0 atom stereocenters. The number of unbranched alkanes of at least 4 members (excludes halogenated alkanes) is 2. The number of anilines is 1. The van der Waals surface area contributed by atoms with E-state index in [9.17, 15) is 0 Å². The predicted octanol–water partition coefficient (Wildman–Crippen LogP) is 2.26. The molecule has 0 radical (unpaired) electrons. The summed E-state index contributed by atoms with van der Waals surface area (Å²) in [5.74, 6) is 1.04. The van der Waals surface area contributed by atoms with Crippen molar-refractivity contribution in [1.82, 2.24) is 9.97 Å². The van der Waals surface area contributed by atoms with E-state index in [4.69, 9.17) is 5.73 Å². The van der Waals surface area contributed by atoms with Crippen molar-refractivity contribution in [3.63, 3.8) is 0 Å². The van der Waals surface area contributed by atoms with Crippen molar-refractivity contribution in [2.45, 2.75) is 19.3 Å². The van der Waals surface area contributed by atoms with Crippen molar-refractivity contribution in [3.05, 3.63) is 17.8 Å². The quantitative estimate of drug-likeness (QED) is 0.799. The molecule has 0 amide bonds. The standard InChI is InChI=1S/C12H18N4S/c1-16(7-4-2-3-6-13)12-11-10(5-8-17-11)14-9-15-12/h5,8-9H,2-4,6-7,13H2,1H3. The molecule has 2 rings (SSSR count). The van der Waals surface area contributed by atoms with E-state index in [1.54, 1.807) is 17.7 Å². The first kappa shape index (κ1) is 12.3. The Balaban J connectivity index is 2.03. The van der Waals surface area contributed by atoms with Crippen molar-refractivity contribution in [2.24, 2.45) is 5.73 Å². The molecular formula is C12H18N4S. The van der Waals surface area contributed by atoms with Crippen molar-refractivity contribution in [1.29, 1.82) is 0 Å². The van der Waals surface area contributed by atoms with E-state index < -0.39 is 0 Å². The zero-order valence-corrected chi connectivity index (χ0v) is 10.9. The molecule has 2 aromatic heterocycles. The summed E-state index contributed by atoms with van der Waals surface area (Å²) in [5, 5.41) is 2.06. The highest BCUT2D eigenvalue weighted by atomic mass is 32.1. The summed E-state index contributed by atoms with van der Waals surface area (Å²) < 4.78 is 1.17. The summed E-state index contributed by atoms with van der Waals surface area (Å²) in [7, 11) is 2.09. The fourth-order valence-corrected chi connectivity index (χ4v) is 2.71. The van der Waals surface area contributed by atoms with Gasteiger partial charge in [0.25, 0.3) is 0 Å². The SMILES string of the molecule is CN(CCCCCN)c1ncnc2ccsc12. The number of hydrogen-bond donors (Lipinski definition) is 1. The van der Waals surface area contributed by atoms with E-state index in [-0.39, 0.29) is 0 Å². The third kappa shape index (κ3) is 2.92. The number of nitrogens with zero attached hydrogens (tertiary/aromatic N) is 3. The molecule has 0 aliphatic rings. The molecule has 0 aliphatic heterocycles. The van der Waals surface area contributed by atoms with Gasteiger partial charge in [-0.2, -0.15) is 0 Å². The van der Waals surface area contributed by atoms with Gasteiger partial charge >= 0.3 is 0 Å². The molecule has 4 nitrogen and oxygen atoms in total. The Bertz CT molecular complexity index is 468. The van der Waals surface area contributed by atoms with Gasteiger partial charge < -0.3 is 10.6 Å². The fourth-order valence-electron chi connectivity index (χ4n) is 1.82. The molecule has 2 heterocycles.